The first-order valence-electron chi connectivity index (χ1n) is 13.6. The van der Waals surface area contributed by atoms with Gasteiger partial charge in [-0.15, -0.1) is 0 Å². The molecule has 0 radical (unpaired) electrons. The van der Waals surface area contributed by atoms with E-state index < -0.39 is 11.2 Å². The number of carbonyl (C=O) groups excluding carboxylic acids is 1. The van der Waals surface area contributed by atoms with E-state index in [9.17, 15) is 9.90 Å². The van der Waals surface area contributed by atoms with Gasteiger partial charge < -0.3 is 14.7 Å². The molecule has 1 fully saturated rings. The predicted molar refractivity (Wildman–Crippen MR) is 146 cm³/mol. The minimum Gasteiger partial charge on any atom is -0.444 e. The Morgan fingerprint density at radius 3 is 2.38 bits per heavy atom. The summed E-state index contributed by atoms with van der Waals surface area (Å²) in [5.41, 5.74) is 6.73. The van der Waals surface area contributed by atoms with Gasteiger partial charge in [-0.1, -0.05) is 31.2 Å². The summed E-state index contributed by atoms with van der Waals surface area (Å²) in [5.74, 6) is 0. The third kappa shape index (κ3) is 6.69. The molecule has 0 spiro atoms. The van der Waals surface area contributed by atoms with Crippen molar-refractivity contribution in [3.63, 3.8) is 0 Å². The Balaban J connectivity index is 1.31. The summed E-state index contributed by atoms with van der Waals surface area (Å²) in [7, 11) is 0. The molecule has 3 heterocycles. The van der Waals surface area contributed by atoms with Gasteiger partial charge in [-0.3, -0.25) is 0 Å². The average Bonchev–Trinajstić information content (AvgIpc) is 3.17. The maximum atomic E-state index is 12.3. The van der Waals surface area contributed by atoms with Crippen LogP contribution in [0.2, 0.25) is 0 Å². The first-order chi connectivity index (χ1) is 17.5. The van der Waals surface area contributed by atoms with Crippen molar-refractivity contribution in [3.8, 4) is 0 Å². The third-order valence-electron chi connectivity index (χ3n) is 7.27. The van der Waals surface area contributed by atoms with Crippen LogP contribution in [0.15, 0.2) is 30.3 Å². The number of nitrogens with zero attached hydrogens (tertiary/aromatic N) is 4. The highest BCUT2D eigenvalue weighted by Crippen LogP contribution is 2.29. The summed E-state index contributed by atoms with van der Waals surface area (Å²) in [6.45, 7) is 13.0. The highest BCUT2D eigenvalue weighted by molar-refractivity contribution is 5.68. The smallest absolute Gasteiger partial charge is 0.410 e. The van der Waals surface area contributed by atoms with Gasteiger partial charge >= 0.3 is 6.09 Å². The molecule has 1 saturated heterocycles. The molecular formula is C30H42N4O3. The number of hydrogen-bond acceptors (Lipinski definition) is 5. The molecule has 1 amide bonds. The lowest BCUT2D eigenvalue weighted by atomic mass is 9.86. The lowest BCUT2D eigenvalue weighted by molar-refractivity contribution is -0.0374. The maximum absolute atomic E-state index is 12.3. The topological polar surface area (TPSA) is 80.0 Å². The molecule has 37 heavy (non-hydrogen) atoms. The van der Waals surface area contributed by atoms with E-state index in [1.807, 2.05) is 32.2 Å². The quantitative estimate of drug-likeness (QED) is 0.452. The summed E-state index contributed by atoms with van der Waals surface area (Å²) in [4.78, 5) is 18.8. The van der Waals surface area contributed by atoms with E-state index in [0.29, 0.717) is 25.9 Å². The Bertz CT molecular complexity index is 1230. The fourth-order valence-corrected chi connectivity index (χ4v) is 5.21. The number of rotatable bonds is 7. The van der Waals surface area contributed by atoms with Crippen LogP contribution in [0.5, 0.6) is 0 Å². The Kier molecular flexibility index (Phi) is 7.93. The first-order valence-corrected chi connectivity index (χ1v) is 13.6. The average molecular weight is 507 g/mol. The van der Waals surface area contributed by atoms with Crippen LogP contribution < -0.4 is 0 Å². The highest BCUT2D eigenvalue weighted by atomic mass is 16.6. The van der Waals surface area contributed by atoms with Crippen LogP contribution >= 0.6 is 0 Å². The second kappa shape index (κ2) is 10.8. The zero-order valence-electron chi connectivity index (χ0n) is 23.3. The predicted octanol–water partition coefficient (Wildman–Crippen LogP) is 5.58. The monoisotopic (exact) mass is 506 g/mol. The fraction of sp³-hybridized carbons (Fsp3) is 0.567. The van der Waals surface area contributed by atoms with E-state index in [1.54, 1.807) is 4.90 Å². The molecule has 200 valence electrons. The van der Waals surface area contributed by atoms with Crippen molar-refractivity contribution in [2.75, 3.05) is 13.1 Å². The minimum absolute atomic E-state index is 0.286. The number of aryl methyl sites for hydroxylation is 4. The van der Waals surface area contributed by atoms with Crippen LogP contribution in [-0.4, -0.2) is 55.0 Å². The van der Waals surface area contributed by atoms with Crippen molar-refractivity contribution < 1.29 is 14.6 Å². The van der Waals surface area contributed by atoms with Crippen LogP contribution in [-0.2, 0) is 24.0 Å². The number of hydrogen-bond donors (Lipinski definition) is 1. The molecule has 4 rings (SSSR count). The van der Waals surface area contributed by atoms with Crippen molar-refractivity contribution >= 4 is 11.7 Å². The summed E-state index contributed by atoms with van der Waals surface area (Å²) < 4.78 is 7.44. The first kappa shape index (κ1) is 27.1. The molecule has 1 aliphatic heterocycles. The molecule has 2 aromatic heterocycles. The van der Waals surface area contributed by atoms with E-state index in [4.69, 9.17) is 14.8 Å². The van der Waals surface area contributed by atoms with E-state index in [-0.39, 0.29) is 6.09 Å². The van der Waals surface area contributed by atoms with Crippen LogP contribution in [0.1, 0.15) is 87.2 Å². The van der Waals surface area contributed by atoms with Gasteiger partial charge in [0.1, 0.15) is 5.60 Å². The summed E-state index contributed by atoms with van der Waals surface area (Å²) in [5, 5.41) is 15.9. The summed E-state index contributed by atoms with van der Waals surface area (Å²) in [6.07, 6.45) is 5.18. The molecule has 0 saturated carbocycles. The molecule has 0 bridgehead atoms. The normalized spacial score (nSPS) is 15.8. The highest BCUT2D eigenvalue weighted by Gasteiger charge is 2.34. The van der Waals surface area contributed by atoms with Crippen molar-refractivity contribution in [2.24, 2.45) is 0 Å². The number of benzene rings is 1. The van der Waals surface area contributed by atoms with E-state index >= 15 is 0 Å². The van der Waals surface area contributed by atoms with Crippen LogP contribution in [0.4, 0.5) is 4.79 Å². The molecule has 0 unspecified atom stereocenters. The summed E-state index contributed by atoms with van der Waals surface area (Å²) >= 11 is 0. The van der Waals surface area contributed by atoms with Gasteiger partial charge in [0.05, 0.1) is 11.3 Å². The zero-order chi connectivity index (χ0) is 26.8. The zero-order valence-corrected chi connectivity index (χ0v) is 23.3. The Morgan fingerprint density at radius 1 is 1.11 bits per heavy atom. The third-order valence-corrected chi connectivity index (χ3v) is 7.27. The molecule has 1 aromatic carbocycles. The molecule has 7 heteroatoms. The molecule has 7 nitrogen and oxygen atoms in total. The van der Waals surface area contributed by atoms with E-state index in [0.717, 1.165) is 54.8 Å². The molecule has 1 aliphatic rings. The summed E-state index contributed by atoms with van der Waals surface area (Å²) in [6, 6.07) is 10.9. The number of fused-ring (bicyclic) bond motifs is 1. The number of piperidine rings is 1. The van der Waals surface area contributed by atoms with Gasteiger partial charge in [-0.25, -0.2) is 14.3 Å². The van der Waals surface area contributed by atoms with Gasteiger partial charge in [0, 0.05) is 36.5 Å². The molecule has 1 N–H and O–H groups in total. The Hall–Kier alpha value is -2.93. The van der Waals surface area contributed by atoms with Gasteiger partial charge in [0.2, 0.25) is 0 Å². The van der Waals surface area contributed by atoms with Gasteiger partial charge in [0.15, 0.2) is 5.65 Å². The fourth-order valence-electron chi connectivity index (χ4n) is 5.21. The molecule has 0 atom stereocenters. The molecule has 0 aliphatic carbocycles. The maximum Gasteiger partial charge on any atom is 0.410 e. The molecular weight excluding hydrogens is 464 g/mol. The van der Waals surface area contributed by atoms with E-state index in [1.165, 1.54) is 16.7 Å². The van der Waals surface area contributed by atoms with Crippen molar-refractivity contribution in [1.82, 2.24) is 19.5 Å². The number of likely N-dealkylation sites (tertiary alicyclic amines) is 1. The second-order valence-electron chi connectivity index (χ2n) is 11.6. The second-order valence-corrected chi connectivity index (χ2v) is 11.6. The standard InChI is InChI=1S/C30H42N4O3/c1-7-26-25(27-31-21(2)19-22(3)34(27)32-26)20-24-12-10-23(11-13-24)9-8-14-30(36)15-17-33(18-16-30)28(35)37-29(4,5)6/h10-13,19,36H,7-9,14-18,20H2,1-6H3. The van der Waals surface area contributed by atoms with Crippen molar-refractivity contribution in [2.45, 2.75) is 97.7 Å². The number of aromatic nitrogens is 3. The van der Waals surface area contributed by atoms with Crippen molar-refractivity contribution in [1.29, 1.82) is 0 Å². The number of amides is 1. The van der Waals surface area contributed by atoms with Crippen LogP contribution in [0.25, 0.3) is 5.65 Å². The van der Waals surface area contributed by atoms with E-state index in [2.05, 4.69) is 44.2 Å². The largest absolute Gasteiger partial charge is 0.444 e. The SMILES string of the molecule is CCc1nn2c(C)cc(C)nc2c1Cc1ccc(CCCC2(O)CCN(C(=O)OC(C)(C)C)CC2)cc1. The lowest BCUT2D eigenvalue weighted by Crippen LogP contribution is -2.48. The number of aliphatic hydroxyl groups is 1. The number of ether oxygens (including phenoxy) is 1. The van der Waals surface area contributed by atoms with Gasteiger partial charge in [-0.05, 0) is 90.3 Å². The molecule has 3 aromatic rings. The Labute approximate surface area is 220 Å². The van der Waals surface area contributed by atoms with Crippen LogP contribution in [0.3, 0.4) is 0 Å². The lowest BCUT2D eigenvalue weighted by Gasteiger charge is -2.38. The van der Waals surface area contributed by atoms with Crippen molar-refractivity contribution in [3.05, 3.63) is 64.1 Å². The van der Waals surface area contributed by atoms with Gasteiger partial charge in [0.25, 0.3) is 0 Å². The Morgan fingerprint density at radius 2 is 1.76 bits per heavy atom. The van der Waals surface area contributed by atoms with Gasteiger partial charge in [-0.2, -0.15) is 5.10 Å². The minimum atomic E-state index is -0.707. The number of carbonyl (C=O) groups is 1. The van der Waals surface area contributed by atoms with Crippen LogP contribution in [0, 0.1) is 13.8 Å².